The molecule has 2 fully saturated rings. The minimum absolute atomic E-state index is 0.0447. The topological polar surface area (TPSA) is 3.24 Å². The molecule has 0 N–H and O–H groups in total. The Balaban J connectivity index is 1.22. The van der Waals surface area contributed by atoms with Gasteiger partial charge in [-0.3, -0.25) is 0 Å². The average Bonchev–Trinajstić information content (AvgIpc) is 3.62. The third-order valence-corrected chi connectivity index (χ3v) is 13.2. The van der Waals surface area contributed by atoms with Gasteiger partial charge < -0.3 is 4.90 Å². The molecule has 236 valence electrons. The average molecular weight is 632 g/mol. The zero-order chi connectivity index (χ0) is 31.5. The summed E-state index contributed by atoms with van der Waals surface area (Å²) in [6.45, 7) is 4.79. The van der Waals surface area contributed by atoms with E-state index in [1.54, 1.807) is 5.56 Å². The number of rotatable bonds is 5. The summed E-state index contributed by atoms with van der Waals surface area (Å²) in [5.74, 6) is 1.39. The van der Waals surface area contributed by atoms with Gasteiger partial charge in [-0.1, -0.05) is 125 Å². The SMILES string of the molecule is CC1(C)c2ccccc2-c2ccc(N(c3ccc(C4CCCCC4)cc3)c3cccc4c3sc3c(C5CCCCC5)cccc34)cc21. The van der Waals surface area contributed by atoms with Crippen molar-refractivity contribution in [3.8, 4) is 11.1 Å². The third kappa shape index (κ3) is 4.86. The fraction of sp³-hybridized carbons (Fsp3) is 0.333. The molecule has 1 nitrogen and oxygen atoms in total. The van der Waals surface area contributed by atoms with Crippen molar-refractivity contribution in [1.82, 2.24) is 0 Å². The maximum Gasteiger partial charge on any atom is 0.0640 e. The van der Waals surface area contributed by atoms with E-state index in [4.69, 9.17) is 0 Å². The van der Waals surface area contributed by atoms with Crippen LogP contribution >= 0.6 is 11.3 Å². The molecule has 1 heterocycles. The van der Waals surface area contributed by atoms with Crippen LogP contribution in [0.3, 0.4) is 0 Å². The zero-order valence-electron chi connectivity index (χ0n) is 27.9. The summed E-state index contributed by atoms with van der Waals surface area (Å²) < 4.78 is 2.89. The molecule has 3 aliphatic carbocycles. The molecule has 2 heteroatoms. The van der Waals surface area contributed by atoms with Gasteiger partial charge in [-0.15, -0.1) is 11.3 Å². The first-order chi connectivity index (χ1) is 23.1. The summed E-state index contributed by atoms with van der Waals surface area (Å²) in [6, 6.07) is 40.0. The minimum Gasteiger partial charge on any atom is -0.309 e. The first kappa shape index (κ1) is 29.3. The van der Waals surface area contributed by atoms with Crippen LogP contribution in [-0.4, -0.2) is 0 Å². The van der Waals surface area contributed by atoms with Crippen LogP contribution in [0.25, 0.3) is 31.3 Å². The Labute approximate surface area is 284 Å². The Kier molecular flexibility index (Phi) is 7.27. The lowest BCUT2D eigenvalue weighted by Gasteiger charge is -2.29. The van der Waals surface area contributed by atoms with Gasteiger partial charge in [-0.2, -0.15) is 0 Å². The van der Waals surface area contributed by atoms with E-state index < -0.39 is 0 Å². The second-order valence-corrected chi connectivity index (χ2v) is 16.0. The van der Waals surface area contributed by atoms with E-state index in [1.807, 2.05) is 11.3 Å². The molecule has 9 rings (SSSR count). The number of benzene rings is 5. The van der Waals surface area contributed by atoms with Gasteiger partial charge in [0.15, 0.2) is 0 Å². The van der Waals surface area contributed by atoms with E-state index in [2.05, 4.69) is 122 Å². The van der Waals surface area contributed by atoms with Gasteiger partial charge in [0.2, 0.25) is 0 Å². The van der Waals surface area contributed by atoms with E-state index >= 15 is 0 Å². The van der Waals surface area contributed by atoms with E-state index in [1.165, 1.54) is 129 Å². The van der Waals surface area contributed by atoms with Crippen molar-refractivity contribution in [3.63, 3.8) is 0 Å². The number of hydrogen-bond donors (Lipinski definition) is 0. The Morgan fingerprint density at radius 3 is 1.96 bits per heavy atom. The molecule has 0 atom stereocenters. The van der Waals surface area contributed by atoms with Gasteiger partial charge in [0, 0.05) is 32.3 Å². The van der Waals surface area contributed by atoms with E-state index in [0.29, 0.717) is 11.8 Å². The molecular weight excluding hydrogens is 587 g/mol. The Morgan fingerprint density at radius 1 is 0.553 bits per heavy atom. The molecule has 0 aliphatic heterocycles. The van der Waals surface area contributed by atoms with Crippen LogP contribution in [0.5, 0.6) is 0 Å². The molecule has 0 saturated heterocycles. The highest BCUT2D eigenvalue weighted by molar-refractivity contribution is 7.26. The van der Waals surface area contributed by atoms with Crippen LogP contribution in [-0.2, 0) is 5.41 Å². The van der Waals surface area contributed by atoms with Gasteiger partial charge >= 0.3 is 0 Å². The van der Waals surface area contributed by atoms with Crippen molar-refractivity contribution >= 4 is 48.6 Å². The first-order valence-corrected chi connectivity index (χ1v) is 19.0. The molecule has 0 bridgehead atoms. The molecule has 0 amide bonds. The second kappa shape index (κ2) is 11.7. The van der Waals surface area contributed by atoms with Crippen molar-refractivity contribution < 1.29 is 0 Å². The van der Waals surface area contributed by atoms with E-state index in [9.17, 15) is 0 Å². The van der Waals surface area contributed by atoms with Crippen molar-refractivity contribution in [2.45, 2.75) is 95.3 Å². The highest BCUT2D eigenvalue weighted by atomic mass is 32.1. The molecule has 47 heavy (non-hydrogen) atoms. The molecule has 0 radical (unpaired) electrons. The van der Waals surface area contributed by atoms with Crippen LogP contribution in [0.4, 0.5) is 17.1 Å². The van der Waals surface area contributed by atoms with Crippen molar-refractivity contribution in [2.75, 3.05) is 4.90 Å². The lowest BCUT2D eigenvalue weighted by atomic mass is 9.82. The van der Waals surface area contributed by atoms with Crippen LogP contribution < -0.4 is 4.90 Å². The van der Waals surface area contributed by atoms with Gasteiger partial charge in [0.25, 0.3) is 0 Å². The van der Waals surface area contributed by atoms with Crippen LogP contribution in [0.15, 0.2) is 103 Å². The fourth-order valence-electron chi connectivity index (χ4n) is 9.33. The first-order valence-electron chi connectivity index (χ1n) is 18.2. The van der Waals surface area contributed by atoms with Crippen molar-refractivity contribution in [1.29, 1.82) is 0 Å². The minimum atomic E-state index is -0.0447. The summed E-state index contributed by atoms with van der Waals surface area (Å²) in [5.41, 5.74) is 12.4. The van der Waals surface area contributed by atoms with Crippen molar-refractivity contribution in [2.24, 2.45) is 0 Å². The van der Waals surface area contributed by atoms with Crippen molar-refractivity contribution in [3.05, 3.63) is 125 Å². The summed E-state index contributed by atoms with van der Waals surface area (Å²) in [7, 11) is 0. The highest BCUT2D eigenvalue weighted by Gasteiger charge is 2.36. The fourth-order valence-corrected chi connectivity index (χ4v) is 10.7. The van der Waals surface area contributed by atoms with Gasteiger partial charge in [-0.05, 0) is 101 Å². The quantitative estimate of drug-likeness (QED) is 0.183. The van der Waals surface area contributed by atoms with E-state index in [-0.39, 0.29) is 5.41 Å². The van der Waals surface area contributed by atoms with Crippen LogP contribution in [0.2, 0.25) is 0 Å². The lowest BCUT2D eigenvalue weighted by molar-refractivity contribution is 0.443. The van der Waals surface area contributed by atoms with Crippen LogP contribution in [0.1, 0.15) is 112 Å². The number of thiophene rings is 1. The monoisotopic (exact) mass is 631 g/mol. The molecule has 3 aliphatic rings. The molecule has 5 aromatic carbocycles. The smallest absolute Gasteiger partial charge is 0.0640 e. The summed E-state index contributed by atoms with van der Waals surface area (Å²) >= 11 is 2.03. The standard InChI is InChI=1S/C45H45NS/c1-45(2)40-21-10-9-17-36(40)37-28-27-34(29-41(37)45)46(33-25-23-31(24-26-33)30-13-5-3-6-14-30)42-22-12-20-39-38-19-11-18-35(43(38)47-44(39)42)32-15-7-4-8-16-32/h9-12,17-30,32H,3-8,13-16H2,1-2H3. The number of hydrogen-bond acceptors (Lipinski definition) is 2. The summed E-state index contributed by atoms with van der Waals surface area (Å²) in [5, 5.41) is 2.81. The summed E-state index contributed by atoms with van der Waals surface area (Å²) in [6.07, 6.45) is 13.5. The predicted octanol–water partition coefficient (Wildman–Crippen LogP) is 13.9. The zero-order valence-corrected chi connectivity index (χ0v) is 28.7. The number of nitrogens with zero attached hydrogens (tertiary/aromatic N) is 1. The van der Waals surface area contributed by atoms with Gasteiger partial charge in [0.05, 0.1) is 10.4 Å². The van der Waals surface area contributed by atoms with Gasteiger partial charge in [0.1, 0.15) is 0 Å². The maximum absolute atomic E-state index is 2.56. The normalized spacial score (nSPS) is 18.0. The Hall–Kier alpha value is -3.88. The Bertz CT molecular complexity index is 2090. The molecule has 6 aromatic rings. The maximum atomic E-state index is 2.56. The second-order valence-electron chi connectivity index (χ2n) is 15.0. The number of anilines is 3. The molecule has 1 aromatic heterocycles. The van der Waals surface area contributed by atoms with Gasteiger partial charge in [-0.25, -0.2) is 0 Å². The summed E-state index contributed by atoms with van der Waals surface area (Å²) in [4.78, 5) is 2.56. The molecule has 0 unspecified atom stereocenters. The van der Waals surface area contributed by atoms with E-state index in [0.717, 1.165) is 0 Å². The number of fused-ring (bicyclic) bond motifs is 6. The Morgan fingerprint density at radius 2 is 1.19 bits per heavy atom. The van der Waals surface area contributed by atoms with Crippen LogP contribution in [0, 0.1) is 0 Å². The molecule has 2 saturated carbocycles. The third-order valence-electron chi connectivity index (χ3n) is 11.9. The largest absolute Gasteiger partial charge is 0.309 e. The predicted molar refractivity (Wildman–Crippen MR) is 203 cm³/mol. The highest BCUT2D eigenvalue weighted by Crippen LogP contribution is 2.52. The molecular formula is C45H45NS. The molecule has 0 spiro atoms. The lowest BCUT2D eigenvalue weighted by Crippen LogP contribution is -2.16.